The number of nitrogens with zero attached hydrogens (tertiary/aromatic N) is 1. The van der Waals surface area contributed by atoms with Gasteiger partial charge in [-0.1, -0.05) is 23.7 Å². The molecule has 0 radical (unpaired) electrons. The summed E-state index contributed by atoms with van der Waals surface area (Å²) in [6.07, 6.45) is -0.363. The SMILES string of the molecule is CC1=C(C(=O)OC(C)C)[C@@H](c2cccc(Cl)c2)NC(=O)N1C(N)=O. The maximum atomic E-state index is 12.5. The van der Waals surface area contributed by atoms with E-state index < -0.39 is 24.1 Å². The topological polar surface area (TPSA) is 102 Å². The highest BCUT2D eigenvalue weighted by atomic mass is 35.5. The van der Waals surface area contributed by atoms with Crippen molar-refractivity contribution < 1.29 is 19.1 Å². The van der Waals surface area contributed by atoms with Crippen molar-refractivity contribution in [2.75, 3.05) is 0 Å². The summed E-state index contributed by atoms with van der Waals surface area (Å²) in [5, 5.41) is 3.05. The zero-order valence-electron chi connectivity index (χ0n) is 13.5. The quantitative estimate of drug-likeness (QED) is 0.817. The first-order valence-corrected chi connectivity index (χ1v) is 7.67. The molecule has 4 amide bonds. The Morgan fingerprint density at radius 3 is 2.58 bits per heavy atom. The number of carbonyl (C=O) groups excluding carboxylic acids is 3. The second-order valence-electron chi connectivity index (χ2n) is 5.56. The number of benzene rings is 1. The van der Waals surface area contributed by atoms with Gasteiger partial charge in [-0.3, -0.25) is 0 Å². The minimum absolute atomic E-state index is 0.127. The van der Waals surface area contributed by atoms with Gasteiger partial charge >= 0.3 is 18.0 Å². The lowest BCUT2D eigenvalue weighted by Gasteiger charge is -2.33. The van der Waals surface area contributed by atoms with E-state index in [0.29, 0.717) is 15.5 Å². The molecule has 8 heteroatoms. The van der Waals surface area contributed by atoms with Gasteiger partial charge in [0, 0.05) is 10.7 Å². The summed E-state index contributed by atoms with van der Waals surface area (Å²) < 4.78 is 5.25. The number of rotatable bonds is 3. The second-order valence-corrected chi connectivity index (χ2v) is 6.00. The molecule has 1 aromatic rings. The highest BCUT2D eigenvalue weighted by molar-refractivity contribution is 6.30. The molecule has 3 N–H and O–H groups in total. The number of hydrogen-bond acceptors (Lipinski definition) is 4. The zero-order valence-corrected chi connectivity index (χ0v) is 14.3. The van der Waals surface area contributed by atoms with Crippen LogP contribution in [0.2, 0.25) is 5.02 Å². The molecular formula is C16H18ClN3O4. The van der Waals surface area contributed by atoms with Gasteiger partial charge in [0.15, 0.2) is 0 Å². The van der Waals surface area contributed by atoms with Crippen LogP contribution < -0.4 is 11.1 Å². The van der Waals surface area contributed by atoms with Crippen LogP contribution in [-0.2, 0) is 9.53 Å². The molecule has 0 saturated carbocycles. The molecule has 7 nitrogen and oxygen atoms in total. The standard InChI is InChI=1S/C16H18ClN3O4/c1-8(2)24-14(21)12-9(3)20(15(18)22)16(23)19-13(12)10-5-4-6-11(17)7-10/h4-8,13H,1-3H3,(H2,18,22)(H,19,23)/t13-/m1/s1. The van der Waals surface area contributed by atoms with Gasteiger partial charge < -0.3 is 15.8 Å². The van der Waals surface area contributed by atoms with Gasteiger partial charge in [0.05, 0.1) is 17.7 Å². The first-order valence-electron chi connectivity index (χ1n) is 7.29. The van der Waals surface area contributed by atoms with E-state index in [-0.39, 0.29) is 17.4 Å². The molecule has 0 unspecified atom stereocenters. The van der Waals surface area contributed by atoms with Crippen molar-refractivity contribution >= 4 is 29.6 Å². The number of allylic oxidation sites excluding steroid dienone is 1. The van der Waals surface area contributed by atoms with Crippen LogP contribution in [-0.4, -0.2) is 29.0 Å². The minimum atomic E-state index is -0.982. The number of hydrogen-bond donors (Lipinski definition) is 2. The summed E-state index contributed by atoms with van der Waals surface area (Å²) in [4.78, 5) is 37.0. The lowest BCUT2D eigenvalue weighted by atomic mass is 9.95. The Labute approximate surface area is 144 Å². The third-order valence-corrected chi connectivity index (χ3v) is 3.68. The molecular weight excluding hydrogens is 334 g/mol. The van der Waals surface area contributed by atoms with Gasteiger partial charge in [0.1, 0.15) is 0 Å². The molecule has 0 fully saturated rings. The fourth-order valence-electron chi connectivity index (χ4n) is 2.49. The molecule has 1 aliphatic heterocycles. The van der Waals surface area contributed by atoms with E-state index >= 15 is 0 Å². The Kier molecular flexibility index (Phi) is 5.14. The molecule has 0 saturated heterocycles. The number of nitrogens with one attached hydrogen (secondary N) is 1. The summed E-state index contributed by atoms with van der Waals surface area (Å²) in [5.74, 6) is -0.640. The smallest absolute Gasteiger partial charge is 0.338 e. The first kappa shape index (κ1) is 17.8. The summed E-state index contributed by atoms with van der Waals surface area (Å²) >= 11 is 6.00. The summed E-state index contributed by atoms with van der Waals surface area (Å²) in [7, 11) is 0. The number of imide groups is 1. The molecule has 24 heavy (non-hydrogen) atoms. The molecule has 0 aliphatic carbocycles. The van der Waals surface area contributed by atoms with E-state index in [0.717, 1.165) is 0 Å². The van der Waals surface area contributed by atoms with Crippen molar-refractivity contribution in [1.29, 1.82) is 0 Å². The Hall–Kier alpha value is -2.54. The summed E-state index contributed by atoms with van der Waals surface area (Å²) in [6, 6.07) is 4.22. The molecule has 0 aromatic heterocycles. The van der Waals surface area contributed by atoms with Gasteiger partial charge in [-0.25, -0.2) is 19.3 Å². The van der Waals surface area contributed by atoms with Crippen LogP contribution in [0.15, 0.2) is 35.5 Å². The van der Waals surface area contributed by atoms with Crippen molar-refractivity contribution in [3.05, 3.63) is 46.1 Å². The van der Waals surface area contributed by atoms with Crippen molar-refractivity contribution in [3.8, 4) is 0 Å². The first-order chi connectivity index (χ1) is 11.2. The minimum Gasteiger partial charge on any atom is -0.459 e. The van der Waals surface area contributed by atoms with Crippen LogP contribution in [0.25, 0.3) is 0 Å². The average molecular weight is 352 g/mol. The largest absolute Gasteiger partial charge is 0.459 e. The van der Waals surface area contributed by atoms with Crippen molar-refractivity contribution in [2.24, 2.45) is 5.73 Å². The number of halogens is 1. The average Bonchev–Trinajstić information content (AvgIpc) is 2.45. The Morgan fingerprint density at radius 2 is 2.04 bits per heavy atom. The number of amides is 4. The Morgan fingerprint density at radius 1 is 1.38 bits per heavy atom. The highest BCUT2D eigenvalue weighted by Gasteiger charge is 2.38. The zero-order chi connectivity index (χ0) is 18.0. The Balaban J connectivity index is 2.58. The molecule has 2 rings (SSSR count). The normalized spacial score (nSPS) is 17.8. The molecule has 1 aromatic carbocycles. The molecule has 0 bridgehead atoms. The fourth-order valence-corrected chi connectivity index (χ4v) is 2.69. The maximum Gasteiger partial charge on any atom is 0.338 e. The fraction of sp³-hybridized carbons (Fsp3) is 0.312. The van der Waals surface area contributed by atoms with E-state index in [1.165, 1.54) is 6.92 Å². The van der Waals surface area contributed by atoms with Crippen molar-refractivity contribution in [3.63, 3.8) is 0 Å². The van der Waals surface area contributed by atoms with Gasteiger partial charge in [0.2, 0.25) is 0 Å². The van der Waals surface area contributed by atoms with Crippen LogP contribution in [0.1, 0.15) is 32.4 Å². The Bertz CT molecular complexity index is 730. The number of urea groups is 2. The lowest BCUT2D eigenvalue weighted by Crippen LogP contribution is -2.52. The van der Waals surface area contributed by atoms with Crippen molar-refractivity contribution in [1.82, 2.24) is 10.2 Å². The molecule has 0 spiro atoms. The summed E-state index contributed by atoms with van der Waals surface area (Å²) in [6.45, 7) is 4.88. The number of nitrogens with two attached hydrogens (primary N) is 1. The number of ether oxygens (including phenoxy) is 1. The van der Waals surface area contributed by atoms with Crippen LogP contribution in [0, 0.1) is 0 Å². The van der Waals surface area contributed by atoms with Crippen molar-refractivity contribution in [2.45, 2.75) is 32.9 Å². The van der Waals surface area contributed by atoms with Gasteiger partial charge in [-0.05, 0) is 38.5 Å². The van der Waals surface area contributed by atoms with Crippen LogP contribution >= 0.6 is 11.6 Å². The van der Waals surface area contributed by atoms with E-state index in [1.54, 1.807) is 38.1 Å². The van der Waals surface area contributed by atoms with Gasteiger partial charge in [-0.15, -0.1) is 0 Å². The lowest BCUT2D eigenvalue weighted by molar-refractivity contribution is -0.143. The van der Waals surface area contributed by atoms with E-state index in [2.05, 4.69) is 5.32 Å². The molecule has 1 aliphatic rings. The third-order valence-electron chi connectivity index (χ3n) is 3.45. The van der Waals surface area contributed by atoms with Crippen LogP contribution in [0.5, 0.6) is 0 Å². The van der Waals surface area contributed by atoms with Gasteiger partial charge in [-0.2, -0.15) is 0 Å². The second kappa shape index (κ2) is 6.92. The van der Waals surface area contributed by atoms with E-state index in [9.17, 15) is 14.4 Å². The number of primary amides is 1. The molecule has 128 valence electrons. The highest BCUT2D eigenvalue weighted by Crippen LogP contribution is 2.32. The molecule has 1 heterocycles. The number of esters is 1. The van der Waals surface area contributed by atoms with Crippen LogP contribution in [0.4, 0.5) is 9.59 Å². The van der Waals surface area contributed by atoms with E-state index in [4.69, 9.17) is 22.1 Å². The van der Waals surface area contributed by atoms with Crippen LogP contribution in [0.3, 0.4) is 0 Å². The number of carbonyl (C=O) groups is 3. The van der Waals surface area contributed by atoms with E-state index in [1.807, 2.05) is 0 Å². The summed E-state index contributed by atoms with van der Waals surface area (Å²) in [5.41, 5.74) is 6.09. The third kappa shape index (κ3) is 3.51. The molecule has 1 atom stereocenters. The predicted molar refractivity (Wildman–Crippen MR) is 88.1 cm³/mol. The van der Waals surface area contributed by atoms with Gasteiger partial charge in [0.25, 0.3) is 0 Å². The predicted octanol–water partition coefficient (Wildman–Crippen LogP) is 2.71. The monoisotopic (exact) mass is 351 g/mol. The maximum absolute atomic E-state index is 12.5.